The third kappa shape index (κ3) is 2.84. The van der Waals surface area contributed by atoms with Gasteiger partial charge in [0, 0.05) is 5.69 Å². The van der Waals surface area contributed by atoms with Crippen molar-refractivity contribution in [2.45, 2.75) is 19.8 Å². The molecule has 3 N–H and O–H groups in total. The van der Waals surface area contributed by atoms with Gasteiger partial charge in [0.2, 0.25) is 0 Å². The molecule has 0 aliphatic rings. The van der Waals surface area contributed by atoms with Crippen LogP contribution in [-0.4, -0.2) is 0 Å². The summed E-state index contributed by atoms with van der Waals surface area (Å²) in [7, 11) is 0. The van der Waals surface area contributed by atoms with Crippen molar-refractivity contribution in [1.29, 1.82) is 0 Å². The summed E-state index contributed by atoms with van der Waals surface area (Å²) in [6.07, 6.45) is 1.83. The molecule has 4 heteroatoms. The molecule has 2 nitrogen and oxygen atoms in total. The standard InChI is InChI=1S/C15H16F2N2/c1-2-5-10-6-3-4-7-13(10)19-15-12(18)9-8-11(16)14(15)17/h3-4,6-9,19H,2,5,18H2,1H3. The minimum Gasteiger partial charge on any atom is -0.397 e. The van der Waals surface area contributed by atoms with Crippen LogP contribution in [0.25, 0.3) is 0 Å². The van der Waals surface area contributed by atoms with E-state index in [9.17, 15) is 8.78 Å². The van der Waals surface area contributed by atoms with Gasteiger partial charge in [0.25, 0.3) is 0 Å². The lowest BCUT2D eigenvalue weighted by Crippen LogP contribution is -2.03. The summed E-state index contributed by atoms with van der Waals surface area (Å²) in [5.41, 5.74) is 7.67. The lowest BCUT2D eigenvalue weighted by atomic mass is 10.1. The zero-order valence-corrected chi connectivity index (χ0v) is 10.7. The average molecular weight is 262 g/mol. The van der Waals surface area contributed by atoms with E-state index in [1.165, 1.54) is 6.07 Å². The van der Waals surface area contributed by atoms with Crippen LogP contribution in [0.5, 0.6) is 0 Å². The summed E-state index contributed by atoms with van der Waals surface area (Å²) in [5, 5.41) is 2.89. The van der Waals surface area contributed by atoms with Crippen molar-refractivity contribution in [2.24, 2.45) is 0 Å². The molecule has 0 saturated heterocycles. The van der Waals surface area contributed by atoms with Crippen molar-refractivity contribution < 1.29 is 8.78 Å². The molecule has 19 heavy (non-hydrogen) atoms. The predicted octanol–water partition coefficient (Wildman–Crippen LogP) is 4.24. The molecular weight excluding hydrogens is 246 g/mol. The fraction of sp³-hybridized carbons (Fsp3) is 0.200. The van der Waals surface area contributed by atoms with Crippen LogP contribution in [-0.2, 0) is 6.42 Å². The number of nitrogens with one attached hydrogen (secondary N) is 1. The number of anilines is 3. The molecule has 0 aliphatic carbocycles. The van der Waals surface area contributed by atoms with E-state index in [0.717, 1.165) is 30.2 Å². The maximum Gasteiger partial charge on any atom is 0.184 e. The molecule has 2 aromatic carbocycles. The summed E-state index contributed by atoms with van der Waals surface area (Å²) >= 11 is 0. The first-order valence-electron chi connectivity index (χ1n) is 6.22. The second-order valence-corrected chi connectivity index (χ2v) is 4.36. The first kappa shape index (κ1) is 13.3. The third-order valence-corrected chi connectivity index (χ3v) is 2.92. The van der Waals surface area contributed by atoms with E-state index in [2.05, 4.69) is 12.2 Å². The quantitative estimate of drug-likeness (QED) is 0.809. The molecule has 0 radical (unpaired) electrons. The molecule has 0 unspecified atom stereocenters. The van der Waals surface area contributed by atoms with Crippen LogP contribution >= 0.6 is 0 Å². The Balaban J connectivity index is 2.39. The SMILES string of the molecule is CCCc1ccccc1Nc1c(N)ccc(F)c1F. The number of nitrogen functional groups attached to an aromatic ring is 1. The summed E-state index contributed by atoms with van der Waals surface area (Å²) in [5.74, 6) is -1.86. The molecule has 0 atom stereocenters. The van der Waals surface area contributed by atoms with E-state index in [-0.39, 0.29) is 11.4 Å². The number of aryl methyl sites for hydroxylation is 1. The number of rotatable bonds is 4. The number of hydrogen-bond acceptors (Lipinski definition) is 2. The maximum absolute atomic E-state index is 13.7. The Hall–Kier alpha value is -2.10. The topological polar surface area (TPSA) is 38.0 Å². The number of benzene rings is 2. The monoisotopic (exact) mass is 262 g/mol. The summed E-state index contributed by atoms with van der Waals surface area (Å²) in [6.45, 7) is 2.06. The van der Waals surface area contributed by atoms with Gasteiger partial charge in [0.1, 0.15) is 5.69 Å². The lowest BCUT2D eigenvalue weighted by Gasteiger charge is -2.14. The Labute approximate surface area is 111 Å². The van der Waals surface area contributed by atoms with Gasteiger partial charge in [0.15, 0.2) is 11.6 Å². The fourth-order valence-corrected chi connectivity index (χ4v) is 1.96. The number of para-hydroxylation sites is 1. The third-order valence-electron chi connectivity index (χ3n) is 2.92. The van der Waals surface area contributed by atoms with Crippen LogP contribution in [0.2, 0.25) is 0 Å². The van der Waals surface area contributed by atoms with Crippen LogP contribution in [0.4, 0.5) is 25.8 Å². The zero-order valence-electron chi connectivity index (χ0n) is 10.7. The Kier molecular flexibility index (Phi) is 4.00. The van der Waals surface area contributed by atoms with E-state index in [1.54, 1.807) is 0 Å². The molecule has 0 saturated carbocycles. The molecule has 0 amide bonds. The maximum atomic E-state index is 13.7. The molecule has 0 fully saturated rings. The van der Waals surface area contributed by atoms with Gasteiger partial charge in [-0.15, -0.1) is 0 Å². The summed E-state index contributed by atoms with van der Waals surface area (Å²) < 4.78 is 27.0. The van der Waals surface area contributed by atoms with E-state index >= 15 is 0 Å². The Morgan fingerprint density at radius 3 is 2.58 bits per heavy atom. The molecule has 2 aromatic rings. The Morgan fingerprint density at radius 1 is 1.11 bits per heavy atom. The molecular formula is C15H16F2N2. The van der Waals surface area contributed by atoms with Gasteiger partial charge in [-0.3, -0.25) is 0 Å². The van der Waals surface area contributed by atoms with Crippen molar-refractivity contribution in [3.63, 3.8) is 0 Å². The first-order valence-corrected chi connectivity index (χ1v) is 6.22. The van der Waals surface area contributed by atoms with Crippen LogP contribution in [0, 0.1) is 11.6 Å². The van der Waals surface area contributed by atoms with E-state index in [1.807, 2.05) is 24.3 Å². The van der Waals surface area contributed by atoms with Crippen LogP contribution < -0.4 is 11.1 Å². The van der Waals surface area contributed by atoms with E-state index < -0.39 is 11.6 Å². The minimum atomic E-state index is -0.952. The van der Waals surface area contributed by atoms with Gasteiger partial charge < -0.3 is 11.1 Å². The van der Waals surface area contributed by atoms with Gasteiger partial charge >= 0.3 is 0 Å². The van der Waals surface area contributed by atoms with E-state index in [4.69, 9.17) is 5.73 Å². The minimum absolute atomic E-state index is 0.0106. The van der Waals surface area contributed by atoms with Crippen molar-refractivity contribution in [3.05, 3.63) is 53.6 Å². The normalized spacial score (nSPS) is 10.5. The van der Waals surface area contributed by atoms with Gasteiger partial charge in [-0.05, 0) is 30.2 Å². The van der Waals surface area contributed by atoms with E-state index in [0.29, 0.717) is 0 Å². The molecule has 0 aliphatic heterocycles. The zero-order chi connectivity index (χ0) is 13.8. The Bertz CT molecular complexity index is 582. The molecule has 0 spiro atoms. The first-order chi connectivity index (χ1) is 9.13. The predicted molar refractivity (Wildman–Crippen MR) is 74.5 cm³/mol. The van der Waals surface area contributed by atoms with Gasteiger partial charge in [-0.1, -0.05) is 31.5 Å². The molecule has 2 rings (SSSR count). The smallest absolute Gasteiger partial charge is 0.184 e. The average Bonchev–Trinajstić information content (AvgIpc) is 2.41. The molecule has 100 valence electrons. The number of hydrogen-bond donors (Lipinski definition) is 2. The highest BCUT2D eigenvalue weighted by Crippen LogP contribution is 2.29. The highest BCUT2D eigenvalue weighted by atomic mass is 19.2. The lowest BCUT2D eigenvalue weighted by molar-refractivity contribution is 0.512. The largest absolute Gasteiger partial charge is 0.397 e. The highest BCUT2D eigenvalue weighted by Gasteiger charge is 2.13. The van der Waals surface area contributed by atoms with Crippen LogP contribution in [0.15, 0.2) is 36.4 Å². The molecule has 0 aromatic heterocycles. The molecule has 0 heterocycles. The van der Waals surface area contributed by atoms with Gasteiger partial charge in [-0.25, -0.2) is 8.78 Å². The van der Waals surface area contributed by atoms with Crippen molar-refractivity contribution >= 4 is 17.1 Å². The van der Waals surface area contributed by atoms with Crippen molar-refractivity contribution in [3.8, 4) is 0 Å². The second-order valence-electron chi connectivity index (χ2n) is 4.36. The fourth-order valence-electron chi connectivity index (χ4n) is 1.96. The Morgan fingerprint density at radius 2 is 1.84 bits per heavy atom. The van der Waals surface area contributed by atoms with Crippen molar-refractivity contribution in [2.75, 3.05) is 11.1 Å². The number of nitrogens with two attached hydrogens (primary N) is 1. The molecule has 0 bridgehead atoms. The van der Waals surface area contributed by atoms with Crippen LogP contribution in [0.1, 0.15) is 18.9 Å². The second kappa shape index (κ2) is 5.69. The summed E-state index contributed by atoms with van der Waals surface area (Å²) in [6, 6.07) is 9.92. The van der Waals surface area contributed by atoms with Gasteiger partial charge in [-0.2, -0.15) is 0 Å². The summed E-state index contributed by atoms with van der Waals surface area (Å²) in [4.78, 5) is 0. The van der Waals surface area contributed by atoms with Gasteiger partial charge in [0.05, 0.1) is 5.69 Å². The number of halogens is 2. The van der Waals surface area contributed by atoms with Crippen molar-refractivity contribution in [1.82, 2.24) is 0 Å². The van der Waals surface area contributed by atoms with Crippen LogP contribution in [0.3, 0.4) is 0 Å². The highest BCUT2D eigenvalue weighted by molar-refractivity contribution is 5.74.